The fourth-order valence-electron chi connectivity index (χ4n) is 2.77. The first-order chi connectivity index (χ1) is 10.6. The molecule has 3 aromatic rings. The van der Waals surface area contributed by atoms with Gasteiger partial charge in [0.15, 0.2) is 0 Å². The number of aryl methyl sites for hydroxylation is 1. The van der Waals surface area contributed by atoms with Gasteiger partial charge in [0, 0.05) is 16.9 Å². The molecule has 0 radical (unpaired) electrons. The van der Waals surface area contributed by atoms with Crippen molar-refractivity contribution in [1.82, 2.24) is 4.57 Å². The van der Waals surface area contributed by atoms with Crippen molar-refractivity contribution in [2.45, 2.75) is 26.7 Å². The predicted octanol–water partition coefficient (Wildman–Crippen LogP) is 5.72. The Morgan fingerprint density at radius 1 is 0.864 bits per heavy atom. The lowest BCUT2D eigenvalue weighted by Gasteiger charge is -2.14. The van der Waals surface area contributed by atoms with Crippen molar-refractivity contribution in [2.24, 2.45) is 0 Å². The minimum absolute atomic E-state index is 0.194. The zero-order chi connectivity index (χ0) is 15.7. The maximum absolute atomic E-state index is 14.1. The standard InChI is InChI=1S/C20H20FN/c1-14(2)16-9-11-17(12-10-16)22-15(3)8-13-20(22)18-6-4-5-7-19(18)21/h4-14H,1-3H3. The fraction of sp³-hybridized carbons (Fsp3) is 0.200. The quantitative estimate of drug-likeness (QED) is 0.582. The van der Waals surface area contributed by atoms with E-state index in [1.54, 1.807) is 6.07 Å². The molecule has 0 unspecified atom stereocenters. The lowest BCUT2D eigenvalue weighted by molar-refractivity contribution is 0.630. The van der Waals surface area contributed by atoms with Crippen molar-refractivity contribution < 1.29 is 4.39 Å². The van der Waals surface area contributed by atoms with Crippen LogP contribution in [0, 0.1) is 12.7 Å². The minimum atomic E-state index is -0.194. The molecular formula is C20H20FN. The van der Waals surface area contributed by atoms with E-state index >= 15 is 0 Å². The number of hydrogen-bond acceptors (Lipinski definition) is 0. The first-order valence-electron chi connectivity index (χ1n) is 7.61. The summed E-state index contributed by atoms with van der Waals surface area (Å²) in [7, 11) is 0. The molecule has 0 amide bonds. The third-order valence-electron chi connectivity index (χ3n) is 4.04. The SMILES string of the molecule is Cc1ccc(-c2ccccc2F)n1-c1ccc(C(C)C)cc1. The molecule has 2 aromatic carbocycles. The molecule has 1 nitrogen and oxygen atoms in total. The van der Waals surface area contributed by atoms with Gasteiger partial charge in [-0.3, -0.25) is 0 Å². The van der Waals surface area contributed by atoms with Gasteiger partial charge in [-0.1, -0.05) is 38.1 Å². The number of nitrogens with zero attached hydrogens (tertiary/aromatic N) is 1. The van der Waals surface area contributed by atoms with Crippen LogP contribution in [0.3, 0.4) is 0 Å². The van der Waals surface area contributed by atoms with Crippen LogP contribution in [0.2, 0.25) is 0 Å². The fourth-order valence-corrected chi connectivity index (χ4v) is 2.77. The van der Waals surface area contributed by atoms with Crippen molar-refractivity contribution in [3.63, 3.8) is 0 Å². The largest absolute Gasteiger partial charge is 0.314 e. The summed E-state index contributed by atoms with van der Waals surface area (Å²) in [5.41, 5.74) is 4.97. The van der Waals surface area contributed by atoms with Crippen molar-refractivity contribution in [3.8, 4) is 16.9 Å². The molecule has 0 fully saturated rings. The summed E-state index contributed by atoms with van der Waals surface area (Å²) in [6, 6.07) is 19.4. The highest BCUT2D eigenvalue weighted by atomic mass is 19.1. The maximum Gasteiger partial charge on any atom is 0.132 e. The van der Waals surface area contributed by atoms with E-state index in [0.717, 1.165) is 17.1 Å². The topological polar surface area (TPSA) is 4.93 Å². The van der Waals surface area contributed by atoms with Crippen molar-refractivity contribution in [1.29, 1.82) is 0 Å². The van der Waals surface area contributed by atoms with Gasteiger partial charge in [0.2, 0.25) is 0 Å². The molecule has 0 aliphatic heterocycles. The summed E-state index contributed by atoms with van der Waals surface area (Å²) in [5, 5.41) is 0. The van der Waals surface area contributed by atoms with E-state index < -0.39 is 0 Å². The third kappa shape index (κ3) is 2.57. The molecule has 0 spiro atoms. The van der Waals surface area contributed by atoms with Gasteiger partial charge in [0.25, 0.3) is 0 Å². The van der Waals surface area contributed by atoms with Crippen molar-refractivity contribution in [3.05, 3.63) is 77.7 Å². The molecular weight excluding hydrogens is 273 g/mol. The van der Waals surface area contributed by atoms with Gasteiger partial charge >= 0.3 is 0 Å². The maximum atomic E-state index is 14.1. The minimum Gasteiger partial charge on any atom is -0.314 e. The van der Waals surface area contributed by atoms with E-state index in [1.807, 2.05) is 31.2 Å². The highest BCUT2D eigenvalue weighted by Crippen LogP contribution is 2.29. The zero-order valence-electron chi connectivity index (χ0n) is 13.2. The van der Waals surface area contributed by atoms with E-state index in [9.17, 15) is 4.39 Å². The number of aromatic nitrogens is 1. The molecule has 22 heavy (non-hydrogen) atoms. The van der Waals surface area contributed by atoms with Crippen LogP contribution in [0.4, 0.5) is 4.39 Å². The van der Waals surface area contributed by atoms with E-state index in [-0.39, 0.29) is 5.82 Å². The first kappa shape index (κ1) is 14.6. The molecule has 0 aliphatic carbocycles. The Morgan fingerprint density at radius 2 is 1.55 bits per heavy atom. The summed E-state index contributed by atoms with van der Waals surface area (Å²) in [6.45, 7) is 6.40. The van der Waals surface area contributed by atoms with Crippen LogP contribution in [-0.4, -0.2) is 4.57 Å². The Balaban J connectivity index is 2.12. The molecule has 0 saturated heterocycles. The Hall–Kier alpha value is -2.35. The average molecular weight is 293 g/mol. The van der Waals surface area contributed by atoms with Crippen LogP contribution in [0.5, 0.6) is 0 Å². The molecule has 0 saturated carbocycles. The van der Waals surface area contributed by atoms with Gasteiger partial charge in [0.1, 0.15) is 5.82 Å². The number of halogens is 1. The molecule has 3 rings (SSSR count). The van der Waals surface area contributed by atoms with E-state index in [1.165, 1.54) is 11.6 Å². The number of hydrogen-bond donors (Lipinski definition) is 0. The van der Waals surface area contributed by atoms with Crippen molar-refractivity contribution >= 4 is 0 Å². The molecule has 0 bridgehead atoms. The molecule has 0 atom stereocenters. The summed E-state index contributed by atoms with van der Waals surface area (Å²) < 4.78 is 16.2. The predicted molar refractivity (Wildman–Crippen MR) is 90.0 cm³/mol. The van der Waals surface area contributed by atoms with Crippen LogP contribution >= 0.6 is 0 Å². The van der Waals surface area contributed by atoms with Crippen LogP contribution in [0.25, 0.3) is 16.9 Å². The van der Waals surface area contributed by atoms with Gasteiger partial charge in [-0.25, -0.2) is 4.39 Å². The van der Waals surface area contributed by atoms with E-state index in [2.05, 4.69) is 42.7 Å². The molecule has 0 aliphatic rings. The number of benzene rings is 2. The Morgan fingerprint density at radius 3 is 2.18 bits per heavy atom. The molecule has 1 heterocycles. The second kappa shape index (κ2) is 5.80. The smallest absolute Gasteiger partial charge is 0.132 e. The van der Waals surface area contributed by atoms with Gasteiger partial charge in [-0.05, 0) is 54.8 Å². The van der Waals surface area contributed by atoms with Crippen LogP contribution in [0.15, 0.2) is 60.7 Å². The van der Waals surface area contributed by atoms with Gasteiger partial charge in [0.05, 0.1) is 5.69 Å². The number of rotatable bonds is 3. The van der Waals surface area contributed by atoms with Gasteiger partial charge in [-0.15, -0.1) is 0 Å². The summed E-state index contributed by atoms with van der Waals surface area (Å²) in [4.78, 5) is 0. The second-order valence-electron chi connectivity index (χ2n) is 5.92. The van der Waals surface area contributed by atoms with Gasteiger partial charge in [-0.2, -0.15) is 0 Å². The highest BCUT2D eigenvalue weighted by molar-refractivity contribution is 5.64. The van der Waals surface area contributed by atoms with Crippen LogP contribution in [0.1, 0.15) is 31.0 Å². The Kier molecular flexibility index (Phi) is 3.84. The molecule has 1 aromatic heterocycles. The van der Waals surface area contributed by atoms with E-state index in [4.69, 9.17) is 0 Å². The summed E-state index contributed by atoms with van der Waals surface area (Å²) in [6.07, 6.45) is 0. The van der Waals surface area contributed by atoms with Gasteiger partial charge < -0.3 is 4.57 Å². The first-order valence-corrected chi connectivity index (χ1v) is 7.61. The molecule has 112 valence electrons. The molecule has 0 N–H and O–H groups in total. The third-order valence-corrected chi connectivity index (χ3v) is 4.04. The lowest BCUT2D eigenvalue weighted by Crippen LogP contribution is -2.00. The van der Waals surface area contributed by atoms with E-state index in [0.29, 0.717) is 11.5 Å². The zero-order valence-corrected chi connectivity index (χ0v) is 13.2. The van der Waals surface area contributed by atoms with Crippen LogP contribution < -0.4 is 0 Å². The lowest BCUT2D eigenvalue weighted by atomic mass is 10.0. The average Bonchev–Trinajstić information content (AvgIpc) is 2.89. The Bertz CT molecular complexity index is 782. The van der Waals surface area contributed by atoms with Crippen molar-refractivity contribution in [2.75, 3.05) is 0 Å². The summed E-state index contributed by atoms with van der Waals surface area (Å²) >= 11 is 0. The summed E-state index contributed by atoms with van der Waals surface area (Å²) in [5.74, 6) is 0.312. The monoisotopic (exact) mass is 293 g/mol. The second-order valence-corrected chi connectivity index (χ2v) is 5.92. The highest BCUT2D eigenvalue weighted by Gasteiger charge is 2.12. The Labute approximate surface area is 131 Å². The van der Waals surface area contributed by atoms with Crippen LogP contribution in [-0.2, 0) is 0 Å². The molecule has 2 heteroatoms. The normalized spacial score (nSPS) is 11.1.